The second kappa shape index (κ2) is 11.2. The number of nitrogens with one attached hydrogen (secondary N) is 1. The van der Waals surface area contributed by atoms with Gasteiger partial charge in [0.2, 0.25) is 11.8 Å². The number of likely N-dealkylation sites (N-methyl/N-ethyl adjacent to an activating group) is 1. The van der Waals surface area contributed by atoms with Crippen LogP contribution in [0.5, 0.6) is 5.75 Å². The van der Waals surface area contributed by atoms with E-state index in [1.165, 1.54) is 5.56 Å². The molecule has 0 fully saturated rings. The molecule has 0 saturated heterocycles. The highest BCUT2D eigenvalue weighted by atomic mass is 16.5. The Bertz CT molecular complexity index is 802. The Balaban J connectivity index is 2.13. The molecule has 0 aromatic heterocycles. The van der Waals surface area contributed by atoms with Gasteiger partial charge < -0.3 is 15.0 Å². The van der Waals surface area contributed by atoms with E-state index in [1.807, 2.05) is 31.2 Å². The van der Waals surface area contributed by atoms with Crippen LogP contribution in [0, 0.1) is 0 Å². The van der Waals surface area contributed by atoms with Crippen LogP contribution in [0.4, 0.5) is 0 Å². The topological polar surface area (TPSA) is 58.6 Å². The van der Waals surface area contributed by atoms with Gasteiger partial charge in [0.15, 0.2) is 0 Å². The highest BCUT2D eigenvalue weighted by Gasteiger charge is 2.25. The quantitative estimate of drug-likeness (QED) is 0.665. The highest BCUT2D eigenvalue weighted by molar-refractivity contribution is 5.87. The Morgan fingerprint density at radius 1 is 1.03 bits per heavy atom. The summed E-state index contributed by atoms with van der Waals surface area (Å²) < 4.78 is 5.28. The zero-order chi connectivity index (χ0) is 21.2. The van der Waals surface area contributed by atoms with Crippen LogP contribution in [0.3, 0.4) is 0 Å². The minimum absolute atomic E-state index is 0.0360. The number of hydrogen-bond donors (Lipinski definition) is 1. The van der Waals surface area contributed by atoms with E-state index in [0.717, 1.165) is 23.3 Å². The molecule has 0 aliphatic carbocycles. The van der Waals surface area contributed by atoms with Crippen molar-refractivity contribution in [1.29, 1.82) is 0 Å². The number of amides is 2. The number of aryl methyl sites for hydroxylation is 2. The molecule has 0 aliphatic heterocycles. The predicted octanol–water partition coefficient (Wildman–Crippen LogP) is 3.74. The molecular formula is C24H32N2O3. The molecule has 0 spiro atoms. The van der Waals surface area contributed by atoms with E-state index in [1.54, 1.807) is 18.9 Å². The molecule has 2 aromatic rings. The number of benzene rings is 2. The smallest absolute Gasteiger partial charge is 0.242 e. The number of rotatable bonds is 10. The fraction of sp³-hybridized carbons (Fsp3) is 0.417. The maximum atomic E-state index is 13.1. The molecule has 2 amide bonds. The van der Waals surface area contributed by atoms with Crippen LogP contribution in [0.1, 0.15) is 43.9 Å². The highest BCUT2D eigenvalue weighted by Crippen LogP contribution is 2.17. The van der Waals surface area contributed by atoms with Gasteiger partial charge >= 0.3 is 0 Å². The van der Waals surface area contributed by atoms with E-state index >= 15 is 0 Å². The van der Waals surface area contributed by atoms with Crippen molar-refractivity contribution in [2.75, 3.05) is 13.7 Å². The summed E-state index contributed by atoms with van der Waals surface area (Å²) in [6.45, 7) is 6.67. The molecule has 1 N–H and O–H groups in total. The molecule has 0 unspecified atom stereocenters. The molecule has 0 bridgehead atoms. The number of carbonyl (C=O) groups is 2. The van der Waals surface area contributed by atoms with Gasteiger partial charge in [-0.1, -0.05) is 43.3 Å². The number of methoxy groups -OCH3 is 1. The van der Waals surface area contributed by atoms with Gasteiger partial charge in [0.25, 0.3) is 0 Å². The summed E-state index contributed by atoms with van der Waals surface area (Å²) in [6.07, 6.45) is 2.01. The first kappa shape index (κ1) is 22.5. The van der Waals surface area contributed by atoms with Crippen molar-refractivity contribution < 1.29 is 14.3 Å². The van der Waals surface area contributed by atoms with Crippen LogP contribution in [0.2, 0.25) is 0 Å². The molecule has 2 rings (SSSR count). The summed E-state index contributed by atoms with van der Waals surface area (Å²) in [5.41, 5.74) is 3.34. The lowest BCUT2D eigenvalue weighted by Gasteiger charge is -2.29. The second-order valence-electron chi connectivity index (χ2n) is 7.11. The predicted molar refractivity (Wildman–Crippen MR) is 116 cm³/mol. The van der Waals surface area contributed by atoms with Gasteiger partial charge in [0.1, 0.15) is 11.8 Å². The zero-order valence-electron chi connectivity index (χ0n) is 17.9. The average Bonchev–Trinajstić information content (AvgIpc) is 2.76. The summed E-state index contributed by atoms with van der Waals surface area (Å²) in [6, 6.07) is 15.4. The van der Waals surface area contributed by atoms with E-state index in [-0.39, 0.29) is 11.8 Å². The van der Waals surface area contributed by atoms with Crippen molar-refractivity contribution in [3.63, 3.8) is 0 Å². The maximum Gasteiger partial charge on any atom is 0.242 e. The van der Waals surface area contributed by atoms with Gasteiger partial charge in [0, 0.05) is 19.5 Å². The molecule has 5 nitrogen and oxygen atoms in total. The summed E-state index contributed by atoms with van der Waals surface area (Å²) >= 11 is 0. The van der Waals surface area contributed by atoms with Gasteiger partial charge in [-0.05, 0) is 55.5 Å². The first-order chi connectivity index (χ1) is 14.0. The molecule has 29 heavy (non-hydrogen) atoms. The number of hydrogen-bond acceptors (Lipinski definition) is 3. The van der Waals surface area contributed by atoms with Gasteiger partial charge in [-0.25, -0.2) is 0 Å². The first-order valence-corrected chi connectivity index (χ1v) is 10.3. The zero-order valence-corrected chi connectivity index (χ0v) is 17.9. The van der Waals surface area contributed by atoms with E-state index in [0.29, 0.717) is 25.9 Å². The Labute approximate surface area is 174 Å². The molecule has 156 valence electrons. The SMILES string of the molecule is CCNC(=O)[C@H](C)N(Cc1cccc(OC)c1)C(=O)CCc1ccc(CC)cc1. The van der Waals surface area contributed by atoms with Crippen molar-refractivity contribution in [2.45, 2.75) is 52.6 Å². The lowest BCUT2D eigenvalue weighted by atomic mass is 10.0. The van der Waals surface area contributed by atoms with Crippen molar-refractivity contribution >= 4 is 11.8 Å². The number of ether oxygens (including phenoxy) is 1. The fourth-order valence-corrected chi connectivity index (χ4v) is 3.21. The van der Waals surface area contributed by atoms with Crippen molar-refractivity contribution in [3.05, 3.63) is 65.2 Å². The normalized spacial score (nSPS) is 11.6. The van der Waals surface area contributed by atoms with Crippen LogP contribution < -0.4 is 10.1 Å². The fourth-order valence-electron chi connectivity index (χ4n) is 3.21. The van der Waals surface area contributed by atoms with E-state index < -0.39 is 6.04 Å². The number of carbonyl (C=O) groups excluding carboxylic acids is 2. The van der Waals surface area contributed by atoms with Gasteiger partial charge in [-0.3, -0.25) is 9.59 Å². The van der Waals surface area contributed by atoms with Gasteiger partial charge in [-0.2, -0.15) is 0 Å². The van der Waals surface area contributed by atoms with E-state index in [9.17, 15) is 9.59 Å². The Hall–Kier alpha value is -2.82. The van der Waals surface area contributed by atoms with Gasteiger partial charge in [0.05, 0.1) is 7.11 Å². The third-order valence-electron chi connectivity index (χ3n) is 5.06. The van der Waals surface area contributed by atoms with Crippen molar-refractivity contribution in [2.24, 2.45) is 0 Å². The van der Waals surface area contributed by atoms with Crippen LogP contribution >= 0.6 is 0 Å². The lowest BCUT2D eigenvalue weighted by molar-refractivity contribution is -0.140. The summed E-state index contributed by atoms with van der Waals surface area (Å²) in [5, 5.41) is 2.82. The molecule has 0 heterocycles. The third kappa shape index (κ3) is 6.63. The van der Waals surface area contributed by atoms with Crippen molar-refractivity contribution in [1.82, 2.24) is 10.2 Å². The monoisotopic (exact) mass is 396 g/mol. The van der Waals surface area contributed by atoms with Crippen molar-refractivity contribution in [3.8, 4) is 5.75 Å². The standard InChI is InChI=1S/C24H32N2O3/c1-5-19-10-12-20(13-11-19)14-15-23(27)26(18(3)24(28)25-6-2)17-21-8-7-9-22(16-21)29-4/h7-13,16,18H,5-6,14-15,17H2,1-4H3,(H,25,28)/t18-/m0/s1. The van der Waals surface area contributed by atoms with E-state index in [4.69, 9.17) is 4.74 Å². The molecule has 0 aliphatic rings. The average molecular weight is 397 g/mol. The number of nitrogens with zero attached hydrogens (tertiary/aromatic N) is 1. The first-order valence-electron chi connectivity index (χ1n) is 10.3. The molecule has 5 heteroatoms. The van der Waals surface area contributed by atoms with Gasteiger partial charge in [-0.15, -0.1) is 0 Å². The Kier molecular flexibility index (Phi) is 8.71. The molecule has 2 aromatic carbocycles. The molecule has 0 radical (unpaired) electrons. The Morgan fingerprint density at radius 3 is 2.34 bits per heavy atom. The summed E-state index contributed by atoms with van der Waals surface area (Å²) in [4.78, 5) is 27.1. The van der Waals surface area contributed by atoms with Crippen LogP contribution in [0.15, 0.2) is 48.5 Å². The van der Waals surface area contributed by atoms with Crippen LogP contribution in [-0.2, 0) is 29.0 Å². The molecule has 1 atom stereocenters. The minimum atomic E-state index is -0.545. The summed E-state index contributed by atoms with van der Waals surface area (Å²) in [5.74, 6) is 0.554. The second-order valence-corrected chi connectivity index (χ2v) is 7.11. The third-order valence-corrected chi connectivity index (χ3v) is 5.06. The van der Waals surface area contributed by atoms with Crippen LogP contribution in [0.25, 0.3) is 0 Å². The minimum Gasteiger partial charge on any atom is -0.497 e. The molecular weight excluding hydrogens is 364 g/mol. The van der Waals surface area contributed by atoms with Crippen LogP contribution in [-0.4, -0.2) is 36.4 Å². The maximum absolute atomic E-state index is 13.1. The summed E-state index contributed by atoms with van der Waals surface area (Å²) in [7, 11) is 1.61. The molecule has 0 saturated carbocycles. The largest absolute Gasteiger partial charge is 0.497 e. The Morgan fingerprint density at radius 2 is 1.72 bits per heavy atom. The lowest BCUT2D eigenvalue weighted by Crippen LogP contribution is -2.47. The van der Waals surface area contributed by atoms with E-state index in [2.05, 4.69) is 36.5 Å².